The number of anilines is 1. The highest BCUT2D eigenvalue weighted by molar-refractivity contribution is 6.03. The molecule has 1 amide bonds. The lowest BCUT2D eigenvalue weighted by molar-refractivity contribution is 0.102. The Morgan fingerprint density at radius 2 is 2.10 bits per heavy atom. The van der Waals surface area contributed by atoms with E-state index in [1.54, 1.807) is 24.3 Å². The van der Waals surface area contributed by atoms with Gasteiger partial charge in [-0.3, -0.25) is 9.59 Å². The molecule has 6 heteroatoms. The number of carbonyl (C=O) groups is 1. The van der Waals surface area contributed by atoms with Crippen molar-refractivity contribution in [3.05, 3.63) is 58.0 Å². The number of rotatable bonds is 3. The van der Waals surface area contributed by atoms with Gasteiger partial charge in [0.2, 0.25) is 0 Å². The van der Waals surface area contributed by atoms with E-state index < -0.39 is 5.91 Å². The van der Waals surface area contributed by atoms with Gasteiger partial charge in [0.1, 0.15) is 5.69 Å². The van der Waals surface area contributed by atoms with Crippen LogP contribution in [0.5, 0.6) is 0 Å². The quantitative estimate of drug-likeness (QED) is 0.725. The summed E-state index contributed by atoms with van der Waals surface area (Å²) in [5.74, 6) is 5.23. The van der Waals surface area contributed by atoms with E-state index in [2.05, 4.69) is 27.4 Å². The molecule has 0 radical (unpaired) electrons. The minimum Gasteiger partial charge on any atom is -0.395 e. The Morgan fingerprint density at radius 1 is 1.29 bits per heavy atom. The van der Waals surface area contributed by atoms with Gasteiger partial charge in [-0.05, 0) is 18.2 Å². The largest absolute Gasteiger partial charge is 0.395 e. The zero-order valence-electron chi connectivity index (χ0n) is 11.1. The van der Waals surface area contributed by atoms with Crippen molar-refractivity contribution in [2.24, 2.45) is 0 Å². The van der Waals surface area contributed by atoms with Gasteiger partial charge >= 0.3 is 0 Å². The van der Waals surface area contributed by atoms with Crippen LogP contribution in [0, 0.1) is 11.8 Å². The number of para-hydroxylation sites is 1. The standard InChI is InChI=1S/C15H13N3O3/c19-10-4-3-6-11-5-1-2-7-12(11)16-15(21)13-8-9-14(20)18-17-13/h1-2,5,7-9,19H,4,10H2,(H,16,21)(H,18,20). The lowest BCUT2D eigenvalue weighted by atomic mass is 10.1. The van der Waals surface area contributed by atoms with Gasteiger partial charge in [-0.25, -0.2) is 5.10 Å². The molecular weight excluding hydrogens is 270 g/mol. The third-order valence-corrected chi connectivity index (χ3v) is 2.55. The lowest BCUT2D eigenvalue weighted by Gasteiger charge is -2.06. The second kappa shape index (κ2) is 7.03. The number of hydrogen-bond donors (Lipinski definition) is 3. The first-order chi connectivity index (χ1) is 10.2. The number of nitrogens with zero attached hydrogens (tertiary/aromatic N) is 1. The normalized spacial score (nSPS) is 9.57. The molecule has 0 saturated heterocycles. The fourth-order valence-electron chi connectivity index (χ4n) is 1.57. The first-order valence-electron chi connectivity index (χ1n) is 6.26. The Kier molecular flexibility index (Phi) is 4.85. The Balaban J connectivity index is 2.20. The summed E-state index contributed by atoms with van der Waals surface area (Å²) < 4.78 is 0. The molecular formula is C15H13N3O3. The Morgan fingerprint density at radius 3 is 2.81 bits per heavy atom. The zero-order valence-corrected chi connectivity index (χ0v) is 11.1. The molecule has 0 unspecified atom stereocenters. The zero-order chi connectivity index (χ0) is 15.1. The number of aliphatic hydroxyl groups excluding tert-OH is 1. The molecule has 1 aromatic heterocycles. The minimum atomic E-state index is -0.442. The SMILES string of the molecule is O=C(Nc1ccccc1C#CCCO)c1ccc(=O)[nH]n1. The summed E-state index contributed by atoms with van der Waals surface area (Å²) in [6.07, 6.45) is 0.365. The van der Waals surface area contributed by atoms with Crippen LogP contribution in [0.4, 0.5) is 5.69 Å². The molecule has 0 saturated carbocycles. The van der Waals surface area contributed by atoms with E-state index in [0.29, 0.717) is 17.7 Å². The maximum absolute atomic E-state index is 12.0. The van der Waals surface area contributed by atoms with Crippen molar-refractivity contribution in [1.29, 1.82) is 0 Å². The van der Waals surface area contributed by atoms with Crippen LogP contribution in [0.2, 0.25) is 0 Å². The molecule has 1 aromatic carbocycles. The predicted molar refractivity (Wildman–Crippen MR) is 77.8 cm³/mol. The molecule has 0 aliphatic carbocycles. The summed E-state index contributed by atoms with van der Waals surface area (Å²) in [6, 6.07) is 9.62. The van der Waals surface area contributed by atoms with E-state index in [0.717, 1.165) is 0 Å². The second-order valence-electron chi connectivity index (χ2n) is 4.08. The number of benzene rings is 1. The first-order valence-corrected chi connectivity index (χ1v) is 6.26. The molecule has 2 aromatic rings. The van der Waals surface area contributed by atoms with E-state index in [1.165, 1.54) is 12.1 Å². The van der Waals surface area contributed by atoms with Crippen LogP contribution in [-0.4, -0.2) is 27.8 Å². The average Bonchev–Trinajstić information content (AvgIpc) is 2.50. The van der Waals surface area contributed by atoms with E-state index in [-0.39, 0.29) is 17.9 Å². The van der Waals surface area contributed by atoms with E-state index in [9.17, 15) is 9.59 Å². The van der Waals surface area contributed by atoms with Crippen molar-refractivity contribution in [3.63, 3.8) is 0 Å². The molecule has 0 atom stereocenters. The van der Waals surface area contributed by atoms with Crippen molar-refractivity contribution in [2.75, 3.05) is 11.9 Å². The predicted octanol–water partition coefficient (Wildman–Crippen LogP) is 0.756. The Hall–Kier alpha value is -2.91. The number of aliphatic hydroxyl groups is 1. The molecule has 0 fully saturated rings. The smallest absolute Gasteiger partial charge is 0.276 e. The number of aromatic nitrogens is 2. The topological polar surface area (TPSA) is 95.1 Å². The molecule has 3 N–H and O–H groups in total. The molecule has 0 bridgehead atoms. The van der Waals surface area contributed by atoms with Gasteiger partial charge < -0.3 is 10.4 Å². The van der Waals surface area contributed by atoms with Crippen LogP contribution in [0.25, 0.3) is 0 Å². The molecule has 0 spiro atoms. The maximum Gasteiger partial charge on any atom is 0.276 e. The number of aromatic amines is 1. The summed E-state index contributed by atoms with van der Waals surface area (Å²) in [6.45, 7) is -0.0111. The van der Waals surface area contributed by atoms with Gasteiger partial charge in [0.25, 0.3) is 11.5 Å². The van der Waals surface area contributed by atoms with Gasteiger partial charge in [-0.15, -0.1) is 0 Å². The second-order valence-corrected chi connectivity index (χ2v) is 4.08. The fraction of sp³-hybridized carbons (Fsp3) is 0.133. The van der Waals surface area contributed by atoms with Crippen LogP contribution in [0.15, 0.2) is 41.2 Å². The monoisotopic (exact) mass is 283 g/mol. The lowest BCUT2D eigenvalue weighted by Crippen LogP contribution is -2.18. The highest BCUT2D eigenvalue weighted by Gasteiger charge is 2.09. The van der Waals surface area contributed by atoms with Crippen molar-refractivity contribution >= 4 is 11.6 Å². The molecule has 106 valence electrons. The van der Waals surface area contributed by atoms with Crippen LogP contribution in [0.1, 0.15) is 22.5 Å². The van der Waals surface area contributed by atoms with Gasteiger partial charge in [-0.2, -0.15) is 5.10 Å². The third-order valence-electron chi connectivity index (χ3n) is 2.55. The summed E-state index contributed by atoms with van der Waals surface area (Å²) in [5, 5.41) is 17.3. The van der Waals surface area contributed by atoms with Gasteiger partial charge in [0, 0.05) is 18.1 Å². The Labute approximate surface area is 120 Å². The number of nitrogens with one attached hydrogen (secondary N) is 2. The van der Waals surface area contributed by atoms with E-state index in [4.69, 9.17) is 5.11 Å². The van der Waals surface area contributed by atoms with Gasteiger partial charge in [-0.1, -0.05) is 24.0 Å². The van der Waals surface area contributed by atoms with Gasteiger partial charge in [0.05, 0.1) is 12.3 Å². The van der Waals surface area contributed by atoms with Crippen molar-refractivity contribution in [2.45, 2.75) is 6.42 Å². The fourth-order valence-corrected chi connectivity index (χ4v) is 1.57. The number of carbonyl (C=O) groups excluding carboxylic acids is 1. The highest BCUT2D eigenvalue weighted by Crippen LogP contribution is 2.14. The molecule has 21 heavy (non-hydrogen) atoms. The molecule has 1 heterocycles. The van der Waals surface area contributed by atoms with Crippen LogP contribution < -0.4 is 10.9 Å². The number of H-pyrrole nitrogens is 1. The summed E-state index contributed by atoms with van der Waals surface area (Å²) >= 11 is 0. The molecule has 2 rings (SSSR count). The maximum atomic E-state index is 12.0. The molecule has 6 nitrogen and oxygen atoms in total. The van der Waals surface area contributed by atoms with Crippen molar-refractivity contribution < 1.29 is 9.90 Å². The minimum absolute atomic E-state index is 0.0111. The van der Waals surface area contributed by atoms with Crippen molar-refractivity contribution in [1.82, 2.24) is 10.2 Å². The molecule has 0 aliphatic heterocycles. The van der Waals surface area contributed by atoms with E-state index in [1.807, 2.05) is 0 Å². The third kappa shape index (κ3) is 4.03. The first kappa shape index (κ1) is 14.5. The van der Waals surface area contributed by atoms with Crippen LogP contribution >= 0.6 is 0 Å². The van der Waals surface area contributed by atoms with E-state index >= 15 is 0 Å². The van der Waals surface area contributed by atoms with Crippen LogP contribution in [0.3, 0.4) is 0 Å². The highest BCUT2D eigenvalue weighted by atomic mass is 16.2. The molecule has 0 aliphatic rings. The van der Waals surface area contributed by atoms with Crippen molar-refractivity contribution in [3.8, 4) is 11.8 Å². The summed E-state index contributed by atoms with van der Waals surface area (Å²) in [4.78, 5) is 22.9. The average molecular weight is 283 g/mol. The summed E-state index contributed by atoms with van der Waals surface area (Å²) in [5.41, 5.74) is 0.916. The number of amides is 1. The summed E-state index contributed by atoms with van der Waals surface area (Å²) in [7, 11) is 0. The van der Waals surface area contributed by atoms with Crippen LogP contribution in [-0.2, 0) is 0 Å². The van der Waals surface area contributed by atoms with Gasteiger partial charge in [0.15, 0.2) is 0 Å². The number of hydrogen-bond acceptors (Lipinski definition) is 4. The Bertz CT molecular complexity index is 736.